The lowest BCUT2D eigenvalue weighted by atomic mass is 9.78. The van der Waals surface area contributed by atoms with Crippen molar-refractivity contribution >= 4 is 17.7 Å². The number of hydrogen-bond donors (Lipinski definition) is 1. The molecule has 5 rings (SSSR count). The van der Waals surface area contributed by atoms with Crippen LogP contribution in [0.3, 0.4) is 0 Å². The number of ether oxygens (including phenoxy) is 2. The van der Waals surface area contributed by atoms with Crippen LogP contribution >= 0.6 is 11.8 Å². The van der Waals surface area contributed by atoms with Crippen molar-refractivity contribution in [2.75, 3.05) is 25.5 Å². The number of benzene rings is 2. The minimum Gasteiger partial charge on any atom is -0.486 e. The van der Waals surface area contributed by atoms with Gasteiger partial charge in [0.1, 0.15) is 19.0 Å². The van der Waals surface area contributed by atoms with Crippen LogP contribution in [0.2, 0.25) is 0 Å². The van der Waals surface area contributed by atoms with E-state index in [0.717, 1.165) is 37.2 Å². The fourth-order valence-electron chi connectivity index (χ4n) is 4.48. The van der Waals surface area contributed by atoms with E-state index in [1.165, 1.54) is 34.1 Å². The van der Waals surface area contributed by atoms with Crippen LogP contribution in [-0.4, -0.2) is 51.6 Å². The second kappa shape index (κ2) is 9.38. The Kier molecular flexibility index (Phi) is 6.17. The first-order valence-corrected chi connectivity index (χ1v) is 12.0. The van der Waals surface area contributed by atoms with Gasteiger partial charge in [0.25, 0.3) is 0 Å². The number of carbonyl (C=O) groups excluding carboxylic acids is 1. The van der Waals surface area contributed by atoms with Crippen LogP contribution in [0.5, 0.6) is 11.5 Å². The second-order valence-electron chi connectivity index (χ2n) is 8.26. The van der Waals surface area contributed by atoms with Crippen molar-refractivity contribution in [1.82, 2.24) is 25.5 Å². The van der Waals surface area contributed by atoms with Gasteiger partial charge in [-0.3, -0.25) is 4.79 Å². The average Bonchev–Trinajstić information content (AvgIpc) is 3.51. The quantitative estimate of drug-likeness (QED) is 0.531. The summed E-state index contributed by atoms with van der Waals surface area (Å²) in [5, 5.41) is 15.1. The molecule has 0 saturated heterocycles. The number of amides is 1. The van der Waals surface area contributed by atoms with Gasteiger partial charge in [0.15, 0.2) is 11.5 Å². The Bertz CT molecular complexity index is 1150. The van der Waals surface area contributed by atoms with Crippen molar-refractivity contribution in [3.05, 3.63) is 53.8 Å². The molecule has 1 aliphatic heterocycles. The predicted octanol–water partition coefficient (Wildman–Crippen LogP) is 3.29. The fourth-order valence-corrected chi connectivity index (χ4v) is 5.20. The summed E-state index contributed by atoms with van der Waals surface area (Å²) in [4.78, 5) is 12.7. The molecule has 1 amide bonds. The van der Waals surface area contributed by atoms with E-state index in [1.54, 1.807) is 12.1 Å². The van der Waals surface area contributed by atoms with Gasteiger partial charge in [0.2, 0.25) is 11.1 Å². The van der Waals surface area contributed by atoms with Crippen LogP contribution in [0.15, 0.2) is 47.6 Å². The SMILES string of the molecule is O=C(CSc1nnnn1-c1cccc(F)c1)NCC1(c2ccc3c(c2)OCCO3)CCCC1. The third kappa shape index (κ3) is 4.66. The maximum atomic E-state index is 13.6. The van der Waals surface area contributed by atoms with E-state index in [9.17, 15) is 9.18 Å². The number of rotatable bonds is 7. The third-order valence-corrected chi connectivity index (χ3v) is 7.08. The number of thioether (sulfide) groups is 1. The van der Waals surface area contributed by atoms with Crippen molar-refractivity contribution in [2.45, 2.75) is 36.3 Å². The maximum absolute atomic E-state index is 13.6. The smallest absolute Gasteiger partial charge is 0.230 e. The first kappa shape index (κ1) is 21.7. The number of halogens is 1. The van der Waals surface area contributed by atoms with Crippen LogP contribution < -0.4 is 14.8 Å². The second-order valence-corrected chi connectivity index (χ2v) is 9.21. The lowest BCUT2D eigenvalue weighted by molar-refractivity contribution is -0.118. The number of aromatic nitrogens is 4. The number of nitrogens with zero attached hydrogens (tertiary/aromatic N) is 4. The van der Waals surface area contributed by atoms with Gasteiger partial charge in [-0.05, 0) is 59.2 Å². The summed E-state index contributed by atoms with van der Waals surface area (Å²) in [5.41, 5.74) is 1.57. The zero-order valence-corrected chi connectivity index (χ0v) is 18.8. The van der Waals surface area contributed by atoms with Crippen molar-refractivity contribution < 1.29 is 18.7 Å². The largest absolute Gasteiger partial charge is 0.486 e. The fraction of sp³-hybridized carbons (Fsp3) is 0.391. The molecule has 0 unspecified atom stereocenters. The monoisotopic (exact) mass is 469 g/mol. The molecule has 8 nitrogen and oxygen atoms in total. The number of hydrogen-bond acceptors (Lipinski definition) is 7. The minimum atomic E-state index is -0.377. The summed E-state index contributed by atoms with van der Waals surface area (Å²) in [6, 6.07) is 12.1. The first-order valence-electron chi connectivity index (χ1n) is 11.0. The molecule has 2 heterocycles. The zero-order chi connectivity index (χ0) is 22.7. The molecule has 0 radical (unpaired) electrons. The molecule has 2 aromatic carbocycles. The molecule has 3 aromatic rings. The van der Waals surface area contributed by atoms with E-state index in [0.29, 0.717) is 30.6 Å². The van der Waals surface area contributed by atoms with Gasteiger partial charge in [-0.1, -0.05) is 36.7 Å². The topological polar surface area (TPSA) is 91.2 Å². The lowest BCUT2D eigenvalue weighted by Crippen LogP contribution is -2.39. The number of fused-ring (bicyclic) bond motifs is 1. The van der Waals surface area contributed by atoms with E-state index < -0.39 is 0 Å². The van der Waals surface area contributed by atoms with E-state index in [2.05, 4.69) is 33.0 Å². The van der Waals surface area contributed by atoms with E-state index in [1.807, 2.05) is 6.07 Å². The van der Waals surface area contributed by atoms with Gasteiger partial charge in [0, 0.05) is 12.0 Å². The van der Waals surface area contributed by atoms with E-state index in [4.69, 9.17) is 9.47 Å². The van der Waals surface area contributed by atoms with E-state index in [-0.39, 0.29) is 22.9 Å². The summed E-state index contributed by atoms with van der Waals surface area (Å²) in [6.45, 7) is 1.67. The molecule has 0 spiro atoms. The summed E-state index contributed by atoms with van der Waals surface area (Å²) >= 11 is 1.21. The van der Waals surface area contributed by atoms with Crippen molar-refractivity contribution in [3.63, 3.8) is 0 Å². The molecule has 2 aliphatic rings. The highest BCUT2D eigenvalue weighted by Gasteiger charge is 2.36. The van der Waals surface area contributed by atoms with Crippen LogP contribution in [0.1, 0.15) is 31.2 Å². The lowest BCUT2D eigenvalue weighted by Gasteiger charge is -2.31. The van der Waals surface area contributed by atoms with Crippen LogP contribution in [0.4, 0.5) is 4.39 Å². The third-order valence-electron chi connectivity index (χ3n) is 6.17. The minimum absolute atomic E-state index is 0.0994. The molecule has 10 heteroatoms. The van der Waals surface area contributed by atoms with Crippen molar-refractivity contribution in [3.8, 4) is 17.2 Å². The Morgan fingerprint density at radius 2 is 1.94 bits per heavy atom. The van der Waals surface area contributed by atoms with Gasteiger partial charge in [-0.25, -0.2) is 4.39 Å². The first-order chi connectivity index (χ1) is 16.1. The van der Waals surface area contributed by atoms with Gasteiger partial charge >= 0.3 is 0 Å². The Labute approximate surface area is 194 Å². The highest BCUT2D eigenvalue weighted by Crippen LogP contribution is 2.43. The molecule has 0 bridgehead atoms. The highest BCUT2D eigenvalue weighted by atomic mass is 32.2. The molecule has 1 fully saturated rings. The molecule has 1 aliphatic carbocycles. The molecular weight excluding hydrogens is 445 g/mol. The zero-order valence-electron chi connectivity index (χ0n) is 18.0. The predicted molar refractivity (Wildman–Crippen MR) is 120 cm³/mol. The van der Waals surface area contributed by atoms with Crippen LogP contribution in [-0.2, 0) is 10.2 Å². The van der Waals surface area contributed by atoms with Crippen LogP contribution in [0, 0.1) is 5.82 Å². The van der Waals surface area contributed by atoms with E-state index >= 15 is 0 Å². The molecule has 1 N–H and O–H groups in total. The molecular formula is C23H24FN5O3S. The molecule has 0 atom stereocenters. The Morgan fingerprint density at radius 3 is 2.76 bits per heavy atom. The molecule has 172 valence electrons. The number of nitrogens with one attached hydrogen (secondary N) is 1. The molecule has 1 aromatic heterocycles. The summed E-state index contributed by atoms with van der Waals surface area (Å²) in [5.74, 6) is 1.23. The van der Waals surface area contributed by atoms with Crippen LogP contribution in [0.25, 0.3) is 5.69 Å². The normalized spacial score (nSPS) is 16.5. The van der Waals surface area contributed by atoms with Gasteiger partial charge < -0.3 is 14.8 Å². The summed E-state index contributed by atoms with van der Waals surface area (Å²) in [7, 11) is 0. The van der Waals surface area contributed by atoms with Gasteiger partial charge in [-0.2, -0.15) is 4.68 Å². The van der Waals surface area contributed by atoms with Gasteiger partial charge in [-0.15, -0.1) is 5.10 Å². The molecule has 1 saturated carbocycles. The maximum Gasteiger partial charge on any atom is 0.230 e. The van der Waals surface area contributed by atoms with Gasteiger partial charge in [0.05, 0.1) is 11.4 Å². The average molecular weight is 470 g/mol. The highest BCUT2D eigenvalue weighted by molar-refractivity contribution is 7.99. The standard InChI is InChI=1S/C23H24FN5O3S/c24-17-4-3-5-18(13-17)29-22(26-27-28-29)33-14-21(30)25-15-23(8-1-2-9-23)16-6-7-19-20(12-16)32-11-10-31-19/h3-7,12-13H,1-2,8-11,14-15H2,(H,25,30). The van der Waals surface area contributed by atoms with Crippen molar-refractivity contribution in [1.29, 1.82) is 0 Å². The van der Waals surface area contributed by atoms with Crippen molar-refractivity contribution in [2.24, 2.45) is 0 Å². The Balaban J connectivity index is 1.23. The summed E-state index contributed by atoms with van der Waals surface area (Å²) < 4.78 is 26.4. The Hall–Kier alpha value is -3.14. The summed E-state index contributed by atoms with van der Waals surface area (Å²) in [6.07, 6.45) is 4.28. The number of carbonyl (C=O) groups is 1. The molecule has 33 heavy (non-hydrogen) atoms. The number of tetrazole rings is 1. The Morgan fingerprint density at radius 1 is 1.12 bits per heavy atom.